The first-order valence-corrected chi connectivity index (χ1v) is 7.41. The molecule has 0 spiro atoms. The minimum Gasteiger partial charge on any atom is -0.494 e. The highest BCUT2D eigenvalue weighted by molar-refractivity contribution is 6.04. The summed E-state index contributed by atoms with van der Waals surface area (Å²) in [6.07, 6.45) is 1.67. The van der Waals surface area contributed by atoms with E-state index in [1.54, 1.807) is 12.3 Å². The predicted molar refractivity (Wildman–Crippen MR) is 88.5 cm³/mol. The van der Waals surface area contributed by atoms with Crippen LogP contribution in [0.1, 0.15) is 43.7 Å². The van der Waals surface area contributed by atoms with Crippen molar-refractivity contribution in [2.75, 3.05) is 11.9 Å². The van der Waals surface area contributed by atoms with Gasteiger partial charge in [-0.15, -0.1) is 0 Å². The van der Waals surface area contributed by atoms with E-state index < -0.39 is 0 Å². The van der Waals surface area contributed by atoms with Crippen LogP contribution in [0.2, 0.25) is 0 Å². The first kappa shape index (κ1) is 16.0. The van der Waals surface area contributed by atoms with Crippen LogP contribution in [0.3, 0.4) is 0 Å². The van der Waals surface area contributed by atoms with Crippen molar-refractivity contribution in [2.45, 2.75) is 33.1 Å². The quantitative estimate of drug-likeness (QED) is 0.927. The van der Waals surface area contributed by atoms with Crippen molar-refractivity contribution in [1.29, 1.82) is 0 Å². The van der Waals surface area contributed by atoms with Gasteiger partial charge in [-0.2, -0.15) is 0 Å². The summed E-state index contributed by atoms with van der Waals surface area (Å²) in [5.74, 6) is 0.650. The second kappa shape index (κ2) is 6.60. The van der Waals surface area contributed by atoms with E-state index in [9.17, 15) is 4.79 Å². The fourth-order valence-electron chi connectivity index (χ4n) is 1.99. The predicted octanol–water partition coefficient (Wildman–Crippen LogP) is 4.03. The topological polar surface area (TPSA) is 51.2 Å². The maximum absolute atomic E-state index is 12.3. The van der Waals surface area contributed by atoms with Gasteiger partial charge < -0.3 is 10.1 Å². The van der Waals surface area contributed by atoms with Crippen molar-refractivity contribution in [1.82, 2.24) is 4.98 Å². The van der Waals surface area contributed by atoms with Crippen molar-refractivity contribution >= 4 is 11.6 Å². The lowest BCUT2D eigenvalue weighted by Gasteiger charge is -2.18. The first-order valence-electron chi connectivity index (χ1n) is 7.41. The molecule has 1 aromatic heterocycles. The molecular weight excluding hydrogens is 276 g/mol. The Morgan fingerprint density at radius 3 is 2.45 bits per heavy atom. The van der Waals surface area contributed by atoms with Gasteiger partial charge in [-0.1, -0.05) is 20.8 Å². The average Bonchev–Trinajstić information content (AvgIpc) is 2.49. The molecule has 0 aliphatic carbocycles. The molecule has 22 heavy (non-hydrogen) atoms. The highest BCUT2D eigenvalue weighted by atomic mass is 16.5. The highest BCUT2D eigenvalue weighted by Crippen LogP contribution is 2.21. The minimum atomic E-state index is -0.142. The van der Waals surface area contributed by atoms with E-state index in [1.165, 1.54) is 0 Å². The van der Waals surface area contributed by atoms with E-state index in [2.05, 4.69) is 31.1 Å². The molecule has 4 heteroatoms. The summed E-state index contributed by atoms with van der Waals surface area (Å²) in [6, 6.07) is 10.9. The summed E-state index contributed by atoms with van der Waals surface area (Å²) in [5.41, 5.74) is 2.15. The second-order valence-corrected chi connectivity index (χ2v) is 6.09. The number of pyridine rings is 1. The van der Waals surface area contributed by atoms with E-state index in [4.69, 9.17) is 4.74 Å². The second-order valence-electron chi connectivity index (χ2n) is 6.09. The third-order valence-corrected chi connectivity index (χ3v) is 3.21. The van der Waals surface area contributed by atoms with Crippen LogP contribution in [0.5, 0.6) is 5.75 Å². The fraction of sp³-hybridized carbons (Fsp3) is 0.333. The van der Waals surface area contributed by atoms with E-state index in [0.717, 1.165) is 17.1 Å². The molecule has 2 rings (SSSR count). The summed E-state index contributed by atoms with van der Waals surface area (Å²) in [7, 11) is 0. The van der Waals surface area contributed by atoms with Crippen LogP contribution in [-0.2, 0) is 5.41 Å². The van der Waals surface area contributed by atoms with Crippen LogP contribution >= 0.6 is 0 Å². The van der Waals surface area contributed by atoms with Gasteiger partial charge in [0.25, 0.3) is 5.91 Å². The maximum atomic E-state index is 12.3. The number of aromatic nitrogens is 1. The molecule has 0 fully saturated rings. The molecular formula is C18H22N2O2. The summed E-state index contributed by atoms with van der Waals surface area (Å²) < 4.78 is 5.38. The molecule has 0 saturated heterocycles. The van der Waals surface area contributed by atoms with Crippen LogP contribution in [0.15, 0.2) is 42.6 Å². The lowest BCUT2D eigenvalue weighted by atomic mass is 9.91. The van der Waals surface area contributed by atoms with Crippen molar-refractivity contribution in [3.8, 4) is 5.75 Å². The van der Waals surface area contributed by atoms with Gasteiger partial charge in [-0.25, -0.2) is 0 Å². The monoisotopic (exact) mass is 298 g/mol. The summed E-state index contributed by atoms with van der Waals surface area (Å²) >= 11 is 0. The number of nitrogens with one attached hydrogen (secondary N) is 1. The number of carbonyl (C=O) groups is 1. The molecule has 1 amide bonds. The van der Waals surface area contributed by atoms with E-state index >= 15 is 0 Å². The van der Waals surface area contributed by atoms with E-state index in [0.29, 0.717) is 12.2 Å². The van der Waals surface area contributed by atoms with E-state index in [1.807, 2.05) is 37.3 Å². The standard InChI is InChI=1S/C18H22N2O2/c1-5-22-15-8-6-14(7-9-15)20-17(21)13-10-11-19-16(12-13)18(2,3)4/h6-12H,5H2,1-4H3,(H,20,21). The largest absolute Gasteiger partial charge is 0.494 e. The molecule has 2 aromatic rings. The number of amides is 1. The van der Waals surface area contributed by atoms with Crippen LogP contribution in [0, 0.1) is 0 Å². The van der Waals surface area contributed by atoms with Gasteiger partial charge in [-0.05, 0) is 43.3 Å². The molecule has 0 bridgehead atoms. The Hall–Kier alpha value is -2.36. The van der Waals surface area contributed by atoms with E-state index in [-0.39, 0.29) is 11.3 Å². The Labute approximate surface area is 131 Å². The van der Waals surface area contributed by atoms with Crippen molar-refractivity contribution in [3.63, 3.8) is 0 Å². The number of carbonyl (C=O) groups excluding carboxylic acids is 1. The van der Waals surface area contributed by atoms with Crippen LogP contribution in [-0.4, -0.2) is 17.5 Å². The van der Waals surface area contributed by atoms with Crippen LogP contribution < -0.4 is 10.1 Å². The molecule has 0 aliphatic rings. The SMILES string of the molecule is CCOc1ccc(NC(=O)c2ccnc(C(C)(C)C)c2)cc1. The Bertz CT molecular complexity index is 643. The third-order valence-electron chi connectivity index (χ3n) is 3.21. The van der Waals surface area contributed by atoms with Gasteiger partial charge in [0.2, 0.25) is 0 Å². The summed E-state index contributed by atoms with van der Waals surface area (Å²) in [5, 5.41) is 2.88. The van der Waals surface area contributed by atoms with Gasteiger partial charge in [0.05, 0.1) is 6.61 Å². The summed E-state index contributed by atoms with van der Waals surface area (Å²) in [4.78, 5) is 16.7. The molecule has 4 nitrogen and oxygen atoms in total. The molecule has 1 N–H and O–H groups in total. The molecule has 0 unspecified atom stereocenters. The molecule has 1 heterocycles. The molecule has 0 saturated carbocycles. The Morgan fingerprint density at radius 1 is 1.18 bits per heavy atom. The third kappa shape index (κ3) is 4.07. The zero-order valence-electron chi connectivity index (χ0n) is 13.5. The van der Waals surface area contributed by atoms with Crippen molar-refractivity contribution in [2.24, 2.45) is 0 Å². The van der Waals surface area contributed by atoms with Crippen molar-refractivity contribution in [3.05, 3.63) is 53.9 Å². The minimum absolute atomic E-state index is 0.0879. The van der Waals surface area contributed by atoms with Gasteiger partial charge >= 0.3 is 0 Å². The molecule has 0 radical (unpaired) electrons. The Morgan fingerprint density at radius 2 is 1.86 bits per heavy atom. The lowest BCUT2D eigenvalue weighted by Crippen LogP contribution is -2.17. The lowest BCUT2D eigenvalue weighted by molar-refractivity contribution is 0.102. The van der Waals surface area contributed by atoms with Crippen LogP contribution in [0.25, 0.3) is 0 Å². The number of benzene rings is 1. The number of nitrogens with zero attached hydrogens (tertiary/aromatic N) is 1. The number of hydrogen-bond acceptors (Lipinski definition) is 3. The summed E-state index contributed by atoms with van der Waals surface area (Å²) in [6.45, 7) is 8.78. The Balaban J connectivity index is 2.12. The average molecular weight is 298 g/mol. The van der Waals surface area contributed by atoms with Gasteiger partial charge in [0.15, 0.2) is 0 Å². The first-order chi connectivity index (χ1) is 10.4. The number of hydrogen-bond donors (Lipinski definition) is 1. The zero-order chi connectivity index (χ0) is 16.2. The molecule has 0 atom stereocenters. The number of anilines is 1. The van der Waals surface area contributed by atoms with Crippen molar-refractivity contribution < 1.29 is 9.53 Å². The number of rotatable bonds is 4. The molecule has 116 valence electrons. The smallest absolute Gasteiger partial charge is 0.255 e. The van der Waals surface area contributed by atoms with Gasteiger partial charge in [0.1, 0.15) is 5.75 Å². The fourth-order valence-corrected chi connectivity index (χ4v) is 1.99. The molecule has 0 aliphatic heterocycles. The van der Waals surface area contributed by atoms with Gasteiger partial charge in [0, 0.05) is 28.6 Å². The Kier molecular flexibility index (Phi) is 4.81. The highest BCUT2D eigenvalue weighted by Gasteiger charge is 2.17. The normalized spacial score (nSPS) is 11.1. The maximum Gasteiger partial charge on any atom is 0.255 e. The molecule has 1 aromatic carbocycles. The zero-order valence-corrected chi connectivity index (χ0v) is 13.5. The number of ether oxygens (including phenoxy) is 1. The van der Waals surface area contributed by atoms with Crippen LogP contribution in [0.4, 0.5) is 5.69 Å². The van der Waals surface area contributed by atoms with Gasteiger partial charge in [-0.3, -0.25) is 9.78 Å².